The summed E-state index contributed by atoms with van der Waals surface area (Å²) in [5.74, 6) is 1.86. The summed E-state index contributed by atoms with van der Waals surface area (Å²) in [6.07, 6.45) is 0. The second-order valence-corrected chi connectivity index (χ2v) is 8.03. The van der Waals surface area contributed by atoms with Gasteiger partial charge < -0.3 is 14.0 Å². The average molecular weight is 474 g/mol. The minimum atomic E-state index is -0.242. The van der Waals surface area contributed by atoms with Crippen LogP contribution in [0.2, 0.25) is 5.02 Å². The van der Waals surface area contributed by atoms with Gasteiger partial charge in [-0.05, 0) is 56.3 Å². The summed E-state index contributed by atoms with van der Waals surface area (Å²) >= 11 is 7.27. The number of carbonyl (C=O) groups excluding carboxylic acids is 1. The van der Waals surface area contributed by atoms with Gasteiger partial charge in [0.2, 0.25) is 0 Å². The van der Waals surface area contributed by atoms with Crippen molar-refractivity contribution in [1.29, 1.82) is 0 Å². The number of nitrogens with one attached hydrogen (secondary N) is 1. The van der Waals surface area contributed by atoms with E-state index in [0.29, 0.717) is 33.9 Å². The number of nitrogens with zero attached hydrogens (tertiary/aromatic N) is 4. The van der Waals surface area contributed by atoms with E-state index in [9.17, 15) is 4.79 Å². The number of ether oxygens (including phenoxy) is 2. The molecule has 0 atom stereocenters. The van der Waals surface area contributed by atoms with Crippen LogP contribution in [0.4, 0.5) is 0 Å². The Morgan fingerprint density at radius 3 is 2.50 bits per heavy atom. The zero-order chi connectivity index (χ0) is 23.1. The van der Waals surface area contributed by atoms with Gasteiger partial charge in [0.05, 0.1) is 25.7 Å². The molecule has 0 saturated carbocycles. The Hall–Kier alpha value is -3.04. The van der Waals surface area contributed by atoms with Crippen LogP contribution in [0, 0.1) is 0 Å². The lowest BCUT2D eigenvalue weighted by Crippen LogP contribution is -2.21. The molecule has 0 bridgehead atoms. The Balaban J connectivity index is 1.63. The first kappa shape index (κ1) is 23.6. The van der Waals surface area contributed by atoms with E-state index >= 15 is 0 Å². The second kappa shape index (κ2) is 11.0. The number of methoxy groups -OCH3 is 2. The van der Waals surface area contributed by atoms with Crippen LogP contribution in [-0.2, 0) is 11.3 Å². The van der Waals surface area contributed by atoms with Crippen molar-refractivity contribution in [3.63, 3.8) is 0 Å². The summed E-state index contributed by atoms with van der Waals surface area (Å²) < 4.78 is 12.5. The van der Waals surface area contributed by atoms with Crippen LogP contribution >= 0.6 is 23.4 Å². The van der Waals surface area contributed by atoms with Crippen LogP contribution in [0.25, 0.3) is 11.4 Å². The van der Waals surface area contributed by atoms with E-state index in [1.807, 2.05) is 41.8 Å². The van der Waals surface area contributed by atoms with E-state index in [-0.39, 0.29) is 11.7 Å². The number of amides is 1. The van der Waals surface area contributed by atoms with Gasteiger partial charge in [-0.25, -0.2) is 5.43 Å². The van der Waals surface area contributed by atoms with Gasteiger partial charge in [0.15, 0.2) is 22.5 Å². The number of halogens is 1. The molecule has 0 spiro atoms. The van der Waals surface area contributed by atoms with Gasteiger partial charge in [0.1, 0.15) is 0 Å². The molecule has 0 unspecified atom stereocenters. The standard InChI is InChI=1S/C22H24ClN5O3S/c1-5-28-21(15-6-9-17(23)10-7-15)26-27-22(28)32-13-20(29)25-24-14(2)16-8-11-18(30-3)19(12-16)31-4/h6-12H,5,13H2,1-4H3,(H,25,29)/b24-14+. The number of hydrazone groups is 1. The Morgan fingerprint density at radius 2 is 1.84 bits per heavy atom. The first-order chi connectivity index (χ1) is 15.5. The van der Waals surface area contributed by atoms with Crippen LogP contribution in [0.3, 0.4) is 0 Å². The fourth-order valence-corrected chi connectivity index (χ4v) is 3.85. The number of rotatable bonds is 9. The molecule has 0 saturated heterocycles. The SMILES string of the molecule is CCn1c(SCC(=O)N/N=C(\C)c2ccc(OC)c(OC)c2)nnc1-c1ccc(Cl)cc1. The predicted octanol–water partition coefficient (Wildman–Crippen LogP) is 4.27. The monoisotopic (exact) mass is 473 g/mol. The lowest BCUT2D eigenvalue weighted by molar-refractivity contribution is -0.118. The average Bonchev–Trinajstić information content (AvgIpc) is 3.24. The molecular weight excluding hydrogens is 450 g/mol. The van der Waals surface area contributed by atoms with Gasteiger partial charge in [-0.2, -0.15) is 5.10 Å². The Morgan fingerprint density at radius 1 is 1.12 bits per heavy atom. The Kier molecular flexibility index (Phi) is 8.13. The molecule has 1 aromatic heterocycles. The van der Waals surface area contributed by atoms with E-state index < -0.39 is 0 Å². The van der Waals surface area contributed by atoms with Gasteiger partial charge in [0.25, 0.3) is 5.91 Å². The van der Waals surface area contributed by atoms with Crippen molar-refractivity contribution >= 4 is 35.0 Å². The van der Waals surface area contributed by atoms with E-state index in [1.54, 1.807) is 33.3 Å². The largest absolute Gasteiger partial charge is 0.493 e. The first-order valence-corrected chi connectivity index (χ1v) is 11.2. The van der Waals surface area contributed by atoms with Crippen molar-refractivity contribution in [3.8, 4) is 22.9 Å². The minimum Gasteiger partial charge on any atom is -0.493 e. The molecule has 3 rings (SSSR count). The fraction of sp³-hybridized carbons (Fsp3) is 0.273. The maximum atomic E-state index is 12.3. The highest BCUT2D eigenvalue weighted by atomic mass is 35.5. The van der Waals surface area contributed by atoms with Crippen molar-refractivity contribution in [2.45, 2.75) is 25.5 Å². The third-order valence-corrected chi connectivity index (χ3v) is 5.84. The molecule has 8 nitrogen and oxygen atoms in total. The summed E-state index contributed by atoms with van der Waals surface area (Å²) in [5, 5.41) is 14.0. The molecular formula is C22H24ClN5O3S. The predicted molar refractivity (Wildman–Crippen MR) is 127 cm³/mol. The molecule has 3 aromatic rings. The quantitative estimate of drug-likeness (QED) is 0.283. The minimum absolute atomic E-state index is 0.154. The number of aromatic nitrogens is 3. The molecule has 0 aliphatic carbocycles. The van der Waals surface area contributed by atoms with E-state index in [4.69, 9.17) is 21.1 Å². The maximum absolute atomic E-state index is 12.3. The maximum Gasteiger partial charge on any atom is 0.250 e. The smallest absolute Gasteiger partial charge is 0.250 e. The van der Waals surface area contributed by atoms with Crippen molar-refractivity contribution in [1.82, 2.24) is 20.2 Å². The van der Waals surface area contributed by atoms with Gasteiger partial charge in [0, 0.05) is 22.7 Å². The molecule has 32 heavy (non-hydrogen) atoms. The van der Waals surface area contributed by atoms with Gasteiger partial charge in [-0.1, -0.05) is 23.4 Å². The zero-order valence-electron chi connectivity index (χ0n) is 18.3. The molecule has 1 amide bonds. The van der Waals surface area contributed by atoms with Gasteiger partial charge in [-0.3, -0.25) is 4.79 Å². The summed E-state index contributed by atoms with van der Waals surface area (Å²) in [4.78, 5) is 12.3. The van der Waals surface area contributed by atoms with Crippen molar-refractivity contribution in [2.75, 3.05) is 20.0 Å². The molecule has 0 aliphatic rings. The van der Waals surface area contributed by atoms with Crippen LogP contribution in [-0.4, -0.2) is 46.4 Å². The molecule has 0 fully saturated rings. The number of hydrogen-bond donors (Lipinski definition) is 1. The van der Waals surface area contributed by atoms with E-state index in [1.165, 1.54) is 11.8 Å². The number of carbonyl (C=O) groups is 1. The fourth-order valence-electron chi connectivity index (χ4n) is 2.93. The molecule has 168 valence electrons. The Bertz CT molecular complexity index is 1120. The van der Waals surface area contributed by atoms with E-state index in [2.05, 4.69) is 20.7 Å². The van der Waals surface area contributed by atoms with Crippen LogP contribution < -0.4 is 14.9 Å². The Labute approximate surface area is 196 Å². The highest BCUT2D eigenvalue weighted by Gasteiger charge is 2.15. The normalized spacial score (nSPS) is 11.3. The van der Waals surface area contributed by atoms with Crippen molar-refractivity contribution in [2.24, 2.45) is 5.10 Å². The molecule has 1 heterocycles. The molecule has 0 aliphatic heterocycles. The lowest BCUT2D eigenvalue weighted by atomic mass is 10.1. The highest BCUT2D eigenvalue weighted by molar-refractivity contribution is 7.99. The first-order valence-electron chi connectivity index (χ1n) is 9.84. The number of hydrogen-bond acceptors (Lipinski definition) is 7. The number of benzene rings is 2. The lowest BCUT2D eigenvalue weighted by Gasteiger charge is -2.09. The topological polar surface area (TPSA) is 90.6 Å². The molecule has 10 heteroatoms. The molecule has 1 N–H and O–H groups in total. The zero-order valence-corrected chi connectivity index (χ0v) is 19.8. The summed E-state index contributed by atoms with van der Waals surface area (Å²) in [7, 11) is 3.15. The van der Waals surface area contributed by atoms with Crippen LogP contribution in [0.1, 0.15) is 19.4 Å². The summed E-state index contributed by atoms with van der Waals surface area (Å²) in [6, 6.07) is 12.9. The van der Waals surface area contributed by atoms with Gasteiger partial charge >= 0.3 is 0 Å². The van der Waals surface area contributed by atoms with E-state index in [0.717, 1.165) is 17.0 Å². The van der Waals surface area contributed by atoms with Crippen molar-refractivity contribution in [3.05, 3.63) is 53.1 Å². The molecule has 0 radical (unpaired) electrons. The van der Waals surface area contributed by atoms with Crippen LogP contribution in [0.15, 0.2) is 52.7 Å². The van der Waals surface area contributed by atoms with Crippen LogP contribution in [0.5, 0.6) is 11.5 Å². The summed E-state index contributed by atoms with van der Waals surface area (Å²) in [5.41, 5.74) is 4.95. The summed E-state index contributed by atoms with van der Waals surface area (Å²) in [6.45, 7) is 4.48. The highest BCUT2D eigenvalue weighted by Crippen LogP contribution is 2.28. The third kappa shape index (κ3) is 5.60. The van der Waals surface area contributed by atoms with Gasteiger partial charge in [-0.15, -0.1) is 10.2 Å². The third-order valence-electron chi connectivity index (χ3n) is 4.62. The molecule has 2 aromatic carbocycles. The number of thioether (sulfide) groups is 1. The van der Waals surface area contributed by atoms with Crippen molar-refractivity contribution < 1.29 is 14.3 Å². The second-order valence-electron chi connectivity index (χ2n) is 6.65.